The smallest absolute Gasteiger partial charge is 0.160 e. The minimum absolute atomic E-state index is 0.287. The fourth-order valence-electron chi connectivity index (χ4n) is 8.37. The van der Waals surface area contributed by atoms with Gasteiger partial charge >= 0.3 is 0 Å². The lowest BCUT2D eigenvalue weighted by molar-refractivity contribution is 0.403. The molecule has 1 aliphatic heterocycles. The molecule has 1 aromatic heterocycles. The van der Waals surface area contributed by atoms with Crippen LogP contribution in [0.5, 0.6) is 5.75 Å². The summed E-state index contributed by atoms with van der Waals surface area (Å²) in [6.07, 6.45) is 19.7. The van der Waals surface area contributed by atoms with E-state index < -0.39 is 5.41 Å². The van der Waals surface area contributed by atoms with Crippen LogP contribution in [0, 0.1) is 0 Å². The van der Waals surface area contributed by atoms with Crippen molar-refractivity contribution in [3.63, 3.8) is 0 Å². The van der Waals surface area contributed by atoms with Crippen molar-refractivity contribution in [3.05, 3.63) is 198 Å². The predicted octanol–water partition coefficient (Wildman–Crippen LogP) is 11.9. The number of allylic oxidation sites excluding steroid dienone is 11. The number of hydrogen-bond acceptors (Lipinski definition) is 3. The summed E-state index contributed by atoms with van der Waals surface area (Å²) >= 11 is 0. The van der Waals surface area contributed by atoms with Gasteiger partial charge in [0, 0.05) is 28.0 Å². The first-order valence-electron chi connectivity index (χ1n) is 17.6. The Hall–Kier alpha value is -5.80. The fraction of sp³-hybridized carbons (Fsp3) is 0.149. The van der Waals surface area contributed by atoms with Crippen molar-refractivity contribution in [2.24, 2.45) is 0 Å². The number of benzene rings is 4. The molecule has 0 N–H and O–H groups in total. The monoisotopic (exact) mass is 648 g/mol. The molecule has 2 aliphatic carbocycles. The van der Waals surface area contributed by atoms with Gasteiger partial charge in [0.05, 0.1) is 16.6 Å². The molecule has 1 spiro atoms. The number of ether oxygens (including phenoxy) is 1. The zero-order valence-corrected chi connectivity index (χ0v) is 28.7. The molecule has 0 radical (unpaired) electrons. The molecule has 2 unspecified atom stereocenters. The average Bonchev–Trinajstić information content (AvgIpc) is 3.47. The summed E-state index contributed by atoms with van der Waals surface area (Å²) in [5, 5.41) is 1.13. The standard InChI is InChI=1S/C47H40N2O/c1-5-9-18-31(7-3)32-27-29-33(30-28-32)45-35-20-11-14-25-41(35)48-46(49-45)36-21-16-24-40-44(36)34-19-10-12-22-37(34)47(40)38(17-6-2)42(8-4)50-43-26-15-13-23-39(43)47/h5-27,33H,3-4,28-30H2,1-2H3/b9-5-,17-6-,31-18+. The molecule has 2 atom stereocenters. The van der Waals surface area contributed by atoms with Gasteiger partial charge in [-0.25, -0.2) is 9.97 Å². The summed E-state index contributed by atoms with van der Waals surface area (Å²) in [5.74, 6) is 2.66. The van der Waals surface area contributed by atoms with Crippen molar-refractivity contribution in [1.29, 1.82) is 0 Å². The van der Waals surface area contributed by atoms with E-state index in [0.29, 0.717) is 0 Å². The maximum atomic E-state index is 6.53. The van der Waals surface area contributed by atoms with Crippen LogP contribution < -0.4 is 4.74 Å². The fourth-order valence-corrected chi connectivity index (χ4v) is 8.37. The number of nitrogens with zero attached hydrogens (tertiary/aromatic N) is 2. The van der Waals surface area contributed by atoms with Crippen LogP contribution in [0.1, 0.15) is 61.4 Å². The highest BCUT2D eigenvalue weighted by molar-refractivity contribution is 5.96. The molecule has 0 saturated carbocycles. The molecule has 0 bridgehead atoms. The summed E-state index contributed by atoms with van der Waals surface area (Å²) in [7, 11) is 0. The van der Waals surface area contributed by atoms with Crippen molar-refractivity contribution in [2.75, 3.05) is 0 Å². The first-order valence-corrected chi connectivity index (χ1v) is 17.6. The van der Waals surface area contributed by atoms with Crippen LogP contribution >= 0.6 is 0 Å². The van der Waals surface area contributed by atoms with Gasteiger partial charge in [0.15, 0.2) is 5.82 Å². The first kappa shape index (κ1) is 31.5. The van der Waals surface area contributed by atoms with E-state index in [1.165, 1.54) is 33.4 Å². The molecule has 244 valence electrons. The molecule has 8 rings (SSSR count). The highest BCUT2D eigenvalue weighted by atomic mass is 16.5. The van der Waals surface area contributed by atoms with Gasteiger partial charge in [-0.15, -0.1) is 0 Å². The van der Waals surface area contributed by atoms with Crippen LogP contribution in [-0.2, 0) is 5.41 Å². The van der Waals surface area contributed by atoms with E-state index in [1.54, 1.807) is 0 Å². The van der Waals surface area contributed by atoms with E-state index >= 15 is 0 Å². The number of aromatic nitrogens is 2. The Kier molecular flexibility index (Phi) is 8.12. The van der Waals surface area contributed by atoms with Gasteiger partial charge < -0.3 is 4.74 Å². The molecule has 3 aliphatic rings. The molecule has 2 heterocycles. The summed E-state index contributed by atoms with van der Waals surface area (Å²) in [6.45, 7) is 12.4. The van der Waals surface area contributed by atoms with Crippen LogP contribution in [0.15, 0.2) is 175 Å². The second-order valence-corrected chi connectivity index (χ2v) is 13.1. The Labute approximate surface area is 295 Å². The Morgan fingerprint density at radius 1 is 0.820 bits per heavy atom. The van der Waals surface area contributed by atoms with Gasteiger partial charge in [0.1, 0.15) is 11.5 Å². The maximum absolute atomic E-state index is 6.53. The van der Waals surface area contributed by atoms with Crippen molar-refractivity contribution in [2.45, 2.75) is 44.4 Å². The Balaban J connectivity index is 1.35. The van der Waals surface area contributed by atoms with Gasteiger partial charge in [-0.2, -0.15) is 0 Å². The third-order valence-corrected chi connectivity index (χ3v) is 10.5. The molecule has 0 fully saturated rings. The maximum Gasteiger partial charge on any atom is 0.160 e. The van der Waals surface area contributed by atoms with Gasteiger partial charge in [0.2, 0.25) is 0 Å². The van der Waals surface area contributed by atoms with Crippen LogP contribution in [0.3, 0.4) is 0 Å². The van der Waals surface area contributed by atoms with E-state index in [1.807, 2.05) is 25.1 Å². The molecule has 0 saturated heterocycles. The molecular formula is C47H40N2O. The van der Waals surface area contributed by atoms with Gasteiger partial charge in [0.25, 0.3) is 0 Å². The van der Waals surface area contributed by atoms with Crippen LogP contribution in [0.4, 0.5) is 0 Å². The molecule has 4 aromatic carbocycles. The molecule has 3 nitrogen and oxygen atoms in total. The number of hydrogen-bond donors (Lipinski definition) is 0. The quantitative estimate of drug-likeness (QED) is 0.165. The Bertz CT molecular complexity index is 2350. The largest absolute Gasteiger partial charge is 0.457 e. The van der Waals surface area contributed by atoms with Crippen molar-refractivity contribution >= 4 is 10.9 Å². The van der Waals surface area contributed by atoms with E-state index in [2.05, 4.69) is 141 Å². The van der Waals surface area contributed by atoms with Crippen molar-refractivity contribution < 1.29 is 4.74 Å². The lowest BCUT2D eigenvalue weighted by Crippen LogP contribution is -2.34. The van der Waals surface area contributed by atoms with E-state index in [9.17, 15) is 0 Å². The van der Waals surface area contributed by atoms with E-state index in [-0.39, 0.29) is 5.92 Å². The summed E-state index contributed by atoms with van der Waals surface area (Å²) in [5.41, 5.74) is 12.1. The Morgan fingerprint density at radius 2 is 1.58 bits per heavy atom. The summed E-state index contributed by atoms with van der Waals surface area (Å²) in [6, 6.07) is 32.3. The molecular weight excluding hydrogens is 609 g/mol. The van der Waals surface area contributed by atoms with Gasteiger partial charge in [-0.05, 0) is 84.7 Å². The lowest BCUT2D eigenvalue weighted by Gasteiger charge is -2.39. The zero-order chi connectivity index (χ0) is 34.2. The van der Waals surface area contributed by atoms with Crippen molar-refractivity contribution in [3.8, 4) is 28.3 Å². The minimum atomic E-state index is -0.597. The normalized spacial score (nSPS) is 19.8. The second kappa shape index (κ2) is 12.9. The Morgan fingerprint density at radius 3 is 2.36 bits per heavy atom. The SMILES string of the molecule is C=CC1=C(/C=C\C)C2(c3ccccc3O1)c1ccccc1-c1c(-c3nc(C4CC=C(/C(C=C)=C/C=C\C)CC4)c4ccccc4n3)cccc12. The predicted molar refractivity (Wildman–Crippen MR) is 207 cm³/mol. The lowest BCUT2D eigenvalue weighted by atomic mass is 9.65. The van der Waals surface area contributed by atoms with E-state index in [0.717, 1.165) is 69.9 Å². The molecule has 50 heavy (non-hydrogen) atoms. The van der Waals surface area contributed by atoms with Crippen LogP contribution in [0.25, 0.3) is 33.4 Å². The number of rotatable bonds is 7. The number of fused-ring (bicyclic) bond motifs is 8. The molecule has 0 amide bonds. The van der Waals surface area contributed by atoms with Crippen molar-refractivity contribution in [1.82, 2.24) is 9.97 Å². The van der Waals surface area contributed by atoms with Gasteiger partial charge in [-0.3, -0.25) is 0 Å². The number of para-hydroxylation sites is 2. The van der Waals surface area contributed by atoms with Crippen LogP contribution in [-0.4, -0.2) is 9.97 Å². The molecule has 3 heteroatoms. The zero-order valence-electron chi connectivity index (χ0n) is 28.7. The van der Waals surface area contributed by atoms with E-state index in [4.69, 9.17) is 14.7 Å². The highest BCUT2D eigenvalue weighted by Gasteiger charge is 2.52. The summed E-state index contributed by atoms with van der Waals surface area (Å²) < 4.78 is 6.53. The minimum Gasteiger partial charge on any atom is -0.457 e. The van der Waals surface area contributed by atoms with Gasteiger partial charge in [-0.1, -0.05) is 135 Å². The average molecular weight is 649 g/mol. The van der Waals surface area contributed by atoms with Crippen LogP contribution in [0.2, 0.25) is 0 Å². The third kappa shape index (κ3) is 4.80. The third-order valence-electron chi connectivity index (χ3n) is 10.5. The highest BCUT2D eigenvalue weighted by Crippen LogP contribution is 2.62. The second-order valence-electron chi connectivity index (χ2n) is 13.1. The topological polar surface area (TPSA) is 35.0 Å². The first-order chi connectivity index (χ1) is 24.6. The summed E-state index contributed by atoms with van der Waals surface area (Å²) in [4.78, 5) is 10.8. The molecule has 5 aromatic rings.